The number of hydrogen-bond acceptors (Lipinski definition) is 3. The first-order valence-corrected chi connectivity index (χ1v) is 10.2. The molecule has 1 aliphatic heterocycles. The zero-order valence-corrected chi connectivity index (χ0v) is 15.9. The van der Waals surface area contributed by atoms with E-state index in [-0.39, 0.29) is 12.5 Å². The first kappa shape index (κ1) is 17.9. The predicted molar refractivity (Wildman–Crippen MR) is 110 cm³/mol. The zero-order chi connectivity index (χ0) is 18.5. The van der Waals surface area contributed by atoms with Gasteiger partial charge in [-0.25, -0.2) is 0 Å². The maximum absolute atomic E-state index is 12.2. The van der Waals surface area contributed by atoms with Crippen LogP contribution in [0.15, 0.2) is 42.5 Å². The van der Waals surface area contributed by atoms with Crippen molar-refractivity contribution in [1.82, 2.24) is 0 Å². The highest BCUT2D eigenvalue weighted by Crippen LogP contribution is 2.25. The van der Waals surface area contributed by atoms with E-state index < -0.39 is 0 Å². The van der Waals surface area contributed by atoms with Crippen LogP contribution >= 0.6 is 0 Å². The van der Waals surface area contributed by atoms with Crippen molar-refractivity contribution in [1.29, 1.82) is 0 Å². The monoisotopic (exact) mass is 364 g/mol. The second-order valence-electron chi connectivity index (χ2n) is 7.57. The summed E-state index contributed by atoms with van der Waals surface area (Å²) in [6.07, 6.45) is 8.63. The van der Waals surface area contributed by atoms with Crippen molar-refractivity contribution in [3.05, 3.63) is 53.6 Å². The summed E-state index contributed by atoms with van der Waals surface area (Å²) >= 11 is 0. The topological polar surface area (TPSA) is 41.6 Å². The lowest BCUT2D eigenvalue weighted by atomic mass is 9.92. The molecule has 2 aromatic carbocycles. The molecule has 1 heterocycles. The molecule has 142 valence electrons. The maximum atomic E-state index is 12.2. The summed E-state index contributed by atoms with van der Waals surface area (Å²) < 4.78 is 5.70. The fourth-order valence-corrected chi connectivity index (χ4v) is 4.05. The van der Waals surface area contributed by atoms with Crippen molar-refractivity contribution < 1.29 is 9.53 Å². The number of nitrogens with zero attached hydrogens (tertiary/aromatic N) is 1. The Balaban J connectivity index is 1.29. The van der Waals surface area contributed by atoms with E-state index in [1.54, 1.807) is 0 Å². The van der Waals surface area contributed by atoms with E-state index in [2.05, 4.69) is 34.5 Å². The summed E-state index contributed by atoms with van der Waals surface area (Å²) in [6.45, 7) is 2.29. The lowest BCUT2D eigenvalue weighted by Gasteiger charge is -2.28. The van der Waals surface area contributed by atoms with Gasteiger partial charge in [0, 0.05) is 24.5 Å². The smallest absolute Gasteiger partial charge is 0.262 e. The van der Waals surface area contributed by atoms with Crippen LogP contribution in [0, 0.1) is 0 Å². The van der Waals surface area contributed by atoms with E-state index in [1.165, 1.54) is 48.9 Å². The number of carbonyl (C=O) groups excluding carboxylic acids is 1. The van der Waals surface area contributed by atoms with Crippen LogP contribution in [0.5, 0.6) is 5.75 Å². The van der Waals surface area contributed by atoms with E-state index in [4.69, 9.17) is 4.74 Å². The van der Waals surface area contributed by atoms with Crippen LogP contribution in [0.3, 0.4) is 0 Å². The molecule has 0 radical (unpaired) electrons. The number of fused-ring (bicyclic) bond motifs is 1. The summed E-state index contributed by atoms with van der Waals surface area (Å²) in [5.74, 6) is 0.657. The van der Waals surface area contributed by atoms with Crippen molar-refractivity contribution in [3.63, 3.8) is 0 Å². The Labute approximate surface area is 161 Å². The molecule has 1 N–H and O–H groups in total. The van der Waals surface area contributed by atoms with Crippen molar-refractivity contribution in [2.24, 2.45) is 0 Å². The molecule has 1 fully saturated rings. The average molecular weight is 364 g/mol. The Hall–Kier alpha value is -2.49. The molecule has 27 heavy (non-hydrogen) atoms. The summed E-state index contributed by atoms with van der Waals surface area (Å²) in [5, 5.41) is 2.92. The van der Waals surface area contributed by atoms with Gasteiger partial charge in [0.25, 0.3) is 5.91 Å². The number of piperidine rings is 1. The van der Waals surface area contributed by atoms with Gasteiger partial charge >= 0.3 is 0 Å². The Morgan fingerprint density at radius 3 is 2.41 bits per heavy atom. The highest BCUT2D eigenvalue weighted by molar-refractivity contribution is 5.92. The van der Waals surface area contributed by atoms with Gasteiger partial charge in [-0.3, -0.25) is 4.79 Å². The van der Waals surface area contributed by atoms with Crippen LogP contribution in [-0.4, -0.2) is 25.6 Å². The minimum atomic E-state index is -0.126. The third kappa shape index (κ3) is 4.62. The molecule has 2 aliphatic rings. The molecule has 4 rings (SSSR count). The largest absolute Gasteiger partial charge is 0.484 e. The quantitative estimate of drug-likeness (QED) is 0.845. The lowest BCUT2D eigenvalue weighted by molar-refractivity contribution is -0.118. The number of carbonyl (C=O) groups is 1. The molecule has 0 saturated carbocycles. The number of ether oxygens (including phenoxy) is 1. The fourth-order valence-electron chi connectivity index (χ4n) is 4.05. The van der Waals surface area contributed by atoms with Gasteiger partial charge in [0.2, 0.25) is 0 Å². The lowest BCUT2D eigenvalue weighted by Crippen LogP contribution is -2.29. The van der Waals surface area contributed by atoms with Crippen LogP contribution in [0.2, 0.25) is 0 Å². The summed E-state index contributed by atoms with van der Waals surface area (Å²) in [7, 11) is 0. The van der Waals surface area contributed by atoms with Crippen molar-refractivity contribution in [2.45, 2.75) is 44.9 Å². The number of anilines is 2. The molecule has 0 aromatic heterocycles. The third-order valence-corrected chi connectivity index (χ3v) is 5.56. The fraction of sp³-hybridized carbons (Fsp3) is 0.435. The van der Waals surface area contributed by atoms with Crippen LogP contribution in [0.25, 0.3) is 0 Å². The maximum Gasteiger partial charge on any atom is 0.262 e. The zero-order valence-electron chi connectivity index (χ0n) is 15.9. The Morgan fingerprint density at radius 2 is 1.63 bits per heavy atom. The number of nitrogens with one attached hydrogen (secondary N) is 1. The third-order valence-electron chi connectivity index (χ3n) is 5.56. The Morgan fingerprint density at radius 1 is 0.889 bits per heavy atom. The molecule has 1 amide bonds. The average Bonchev–Trinajstić information content (AvgIpc) is 2.73. The molecule has 0 unspecified atom stereocenters. The number of rotatable bonds is 5. The van der Waals surface area contributed by atoms with Gasteiger partial charge in [0.05, 0.1) is 0 Å². The molecule has 4 heteroatoms. The molecule has 1 aliphatic carbocycles. The van der Waals surface area contributed by atoms with Crippen molar-refractivity contribution in [2.75, 3.05) is 29.9 Å². The van der Waals surface area contributed by atoms with Gasteiger partial charge < -0.3 is 15.0 Å². The SMILES string of the molecule is O=C(COc1ccc2c(c1)CCCC2)Nc1ccc(N2CCCCC2)cc1. The van der Waals surface area contributed by atoms with Gasteiger partial charge in [-0.1, -0.05) is 6.07 Å². The van der Waals surface area contributed by atoms with Gasteiger partial charge in [-0.15, -0.1) is 0 Å². The summed E-state index contributed by atoms with van der Waals surface area (Å²) in [6, 6.07) is 14.3. The molecule has 4 nitrogen and oxygen atoms in total. The van der Waals surface area contributed by atoms with Crippen LogP contribution in [0.4, 0.5) is 11.4 Å². The Bertz CT molecular complexity index is 779. The van der Waals surface area contributed by atoms with Crippen molar-refractivity contribution in [3.8, 4) is 5.75 Å². The van der Waals surface area contributed by atoms with E-state index in [0.29, 0.717) is 0 Å². The standard InChI is InChI=1S/C23H28N2O2/c26-23(17-27-22-13-8-18-6-2-3-7-19(18)16-22)24-20-9-11-21(12-10-20)25-14-4-1-5-15-25/h8-13,16H,1-7,14-15,17H2,(H,24,26). The molecule has 2 aromatic rings. The number of amides is 1. The second-order valence-corrected chi connectivity index (χ2v) is 7.57. The highest BCUT2D eigenvalue weighted by Gasteiger charge is 2.12. The van der Waals surface area contributed by atoms with Crippen LogP contribution in [0.1, 0.15) is 43.2 Å². The van der Waals surface area contributed by atoms with Crippen LogP contribution in [-0.2, 0) is 17.6 Å². The Kier molecular flexibility index (Phi) is 5.61. The molecular formula is C23H28N2O2. The minimum Gasteiger partial charge on any atom is -0.484 e. The summed E-state index contributed by atoms with van der Waals surface area (Å²) in [5.41, 5.74) is 4.84. The van der Waals surface area contributed by atoms with Gasteiger partial charge in [-0.2, -0.15) is 0 Å². The molecule has 0 atom stereocenters. The molecular weight excluding hydrogens is 336 g/mol. The van der Waals surface area contributed by atoms with E-state index in [1.807, 2.05) is 18.2 Å². The van der Waals surface area contributed by atoms with Crippen molar-refractivity contribution >= 4 is 17.3 Å². The second kappa shape index (κ2) is 8.47. The molecule has 1 saturated heterocycles. The van der Waals surface area contributed by atoms with E-state index >= 15 is 0 Å². The first-order valence-electron chi connectivity index (χ1n) is 10.2. The van der Waals surface area contributed by atoms with Gasteiger partial charge in [0.1, 0.15) is 5.75 Å². The highest BCUT2D eigenvalue weighted by atomic mass is 16.5. The van der Waals surface area contributed by atoms with Gasteiger partial charge in [-0.05, 0) is 92.5 Å². The normalized spacial score (nSPS) is 16.5. The number of hydrogen-bond donors (Lipinski definition) is 1. The van der Waals surface area contributed by atoms with E-state index in [9.17, 15) is 4.79 Å². The minimum absolute atomic E-state index is 0.0344. The number of aryl methyl sites for hydroxylation is 2. The van der Waals surface area contributed by atoms with Crippen LogP contribution < -0.4 is 15.0 Å². The predicted octanol–water partition coefficient (Wildman–Crippen LogP) is 4.57. The first-order chi connectivity index (χ1) is 13.3. The summed E-state index contributed by atoms with van der Waals surface area (Å²) in [4.78, 5) is 14.6. The van der Waals surface area contributed by atoms with Gasteiger partial charge in [0.15, 0.2) is 6.61 Å². The molecule has 0 bridgehead atoms. The molecule has 0 spiro atoms. The number of benzene rings is 2. The van der Waals surface area contributed by atoms with E-state index in [0.717, 1.165) is 37.4 Å².